The second-order valence-corrected chi connectivity index (χ2v) is 5.30. The highest BCUT2D eigenvalue weighted by Crippen LogP contribution is 2.20. The molecule has 0 atom stereocenters. The van der Waals surface area contributed by atoms with Crippen LogP contribution in [0, 0.1) is 6.92 Å². The van der Waals surface area contributed by atoms with E-state index in [1.165, 1.54) is 0 Å². The van der Waals surface area contributed by atoms with Gasteiger partial charge in [0.2, 0.25) is 0 Å². The van der Waals surface area contributed by atoms with Crippen LogP contribution < -0.4 is 10.9 Å². The van der Waals surface area contributed by atoms with E-state index in [9.17, 15) is 4.79 Å². The number of nitrogens with one attached hydrogen (secondary N) is 1. The van der Waals surface area contributed by atoms with Gasteiger partial charge in [-0.3, -0.25) is 9.36 Å². The van der Waals surface area contributed by atoms with E-state index in [4.69, 9.17) is 0 Å². The van der Waals surface area contributed by atoms with Gasteiger partial charge in [-0.1, -0.05) is 0 Å². The summed E-state index contributed by atoms with van der Waals surface area (Å²) in [5, 5.41) is 4.05. The highest BCUT2D eigenvalue weighted by atomic mass is 32.1. The maximum absolute atomic E-state index is 12.2. The van der Waals surface area contributed by atoms with Crippen molar-refractivity contribution in [3.8, 4) is 0 Å². The number of aryl methyl sites for hydroxylation is 1. The summed E-state index contributed by atoms with van der Waals surface area (Å²) in [5.74, 6) is 0.921. The molecule has 0 aliphatic carbocycles. The quantitative estimate of drug-likeness (QED) is 0.738. The fourth-order valence-corrected chi connectivity index (χ4v) is 3.00. The number of rotatable bonds is 0. The smallest absolute Gasteiger partial charge is 0.262 e. The van der Waals surface area contributed by atoms with Crippen LogP contribution in [0.3, 0.4) is 0 Å². The molecule has 1 aliphatic heterocycles. The summed E-state index contributed by atoms with van der Waals surface area (Å²) in [7, 11) is 0. The Morgan fingerprint density at radius 2 is 2.38 bits per heavy atom. The van der Waals surface area contributed by atoms with Crippen molar-refractivity contribution in [1.82, 2.24) is 14.9 Å². The predicted molar refractivity (Wildman–Crippen MR) is 65.2 cm³/mol. The van der Waals surface area contributed by atoms with Crippen LogP contribution >= 0.6 is 11.3 Å². The minimum Gasteiger partial charge on any atom is -0.315 e. The monoisotopic (exact) mass is 235 g/mol. The maximum atomic E-state index is 12.2. The topological polar surface area (TPSA) is 46.9 Å². The van der Waals surface area contributed by atoms with E-state index in [1.807, 2.05) is 17.6 Å². The molecule has 3 rings (SSSR count). The van der Waals surface area contributed by atoms with E-state index in [2.05, 4.69) is 10.3 Å². The summed E-state index contributed by atoms with van der Waals surface area (Å²) in [6.07, 6.45) is 0.835. The van der Waals surface area contributed by atoms with Crippen molar-refractivity contribution < 1.29 is 0 Å². The predicted octanol–water partition coefficient (Wildman–Crippen LogP) is 0.912. The van der Waals surface area contributed by atoms with Gasteiger partial charge in [0.05, 0.1) is 5.39 Å². The zero-order chi connectivity index (χ0) is 11.1. The molecule has 1 N–H and O–H groups in total. The molecule has 0 saturated heterocycles. The molecule has 0 radical (unpaired) electrons. The average molecular weight is 235 g/mol. The molecule has 0 amide bonds. The number of hydrogen-bond donors (Lipinski definition) is 1. The van der Waals surface area contributed by atoms with Gasteiger partial charge < -0.3 is 5.32 Å². The summed E-state index contributed by atoms with van der Waals surface area (Å²) >= 11 is 1.60. The lowest BCUT2D eigenvalue weighted by molar-refractivity contribution is 0.627. The van der Waals surface area contributed by atoms with Crippen molar-refractivity contribution in [1.29, 1.82) is 0 Å². The first-order chi connectivity index (χ1) is 7.75. The van der Waals surface area contributed by atoms with Gasteiger partial charge in [-0.2, -0.15) is 0 Å². The van der Waals surface area contributed by atoms with E-state index in [0.717, 1.165) is 47.0 Å². The molecular weight excluding hydrogens is 222 g/mol. The Morgan fingerprint density at radius 1 is 1.50 bits per heavy atom. The first-order valence-electron chi connectivity index (χ1n) is 5.46. The summed E-state index contributed by atoms with van der Waals surface area (Å²) in [5.41, 5.74) is 0.119. The second-order valence-electron chi connectivity index (χ2n) is 4.06. The van der Waals surface area contributed by atoms with Crippen molar-refractivity contribution >= 4 is 21.6 Å². The Labute approximate surface area is 96.9 Å². The molecule has 0 spiro atoms. The largest absolute Gasteiger partial charge is 0.315 e. The summed E-state index contributed by atoms with van der Waals surface area (Å²) in [6, 6.07) is 1.95. The molecule has 4 nitrogen and oxygen atoms in total. The molecule has 2 aromatic heterocycles. The lowest BCUT2D eigenvalue weighted by Gasteiger charge is -2.06. The molecule has 0 fully saturated rings. The Kier molecular flexibility index (Phi) is 2.29. The van der Waals surface area contributed by atoms with Gasteiger partial charge in [-0.15, -0.1) is 11.3 Å². The van der Waals surface area contributed by atoms with Gasteiger partial charge in [0.15, 0.2) is 0 Å². The van der Waals surface area contributed by atoms with Crippen molar-refractivity contribution in [2.45, 2.75) is 19.9 Å². The molecule has 0 saturated carbocycles. The molecule has 0 unspecified atom stereocenters. The van der Waals surface area contributed by atoms with Gasteiger partial charge in [0.1, 0.15) is 10.7 Å². The van der Waals surface area contributed by atoms with Crippen LogP contribution in [-0.4, -0.2) is 22.6 Å². The van der Waals surface area contributed by atoms with Gasteiger partial charge in [0.25, 0.3) is 5.56 Å². The van der Waals surface area contributed by atoms with Crippen molar-refractivity contribution in [2.75, 3.05) is 13.1 Å². The van der Waals surface area contributed by atoms with Gasteiger partial charge in [-0.25, -0.2) is 4.98 Å². The molecular formula is C11H13N3OS. The molecule has 1 aliphatic rings. The third-order valence-corrected chi connectivity index (χ3v) is 3.84. The molecule has 84 valence electrons. The van der Waals surface area contributed by atoms with Crippen LogP contribution in [0.5, 0.6) is 0 Å². The zero-order valence-corrected chi connectivity index (χ0v) is 9.93. The van der Waals surface area contributed by atoms with Gasteiger partial charge in [0, 0.05) is 30.9 Å². The van der Waals surface area contributed by atoms with E-state index in [-0.39, 0.29) is 5.56 Å². The number of hydrogen-bond acceptors (Lipinski definition) is 4. The molecule has 2 aromatic rings. The van der Waals surface area contributed by atoms with E-state index in [0.29, 0.717) is 0 Å². The lowest BCUT2D eigenvalue weighted by Crippen LogP contribution is -2.25. The van der Waals surface area contributed by atoms with Crippen molar-refractivity contribution in [2.24, 2.45) is 0 Å². The lowest BCUT2D eigenvalue weighted by atomic mass is 10.3. The molecule has 3 heterocycles. The fourth-order valence-electron chi connectivity index (χ4n) is 2.12. The average Bonchev–Trinajstić information content (AvgIpc) is 2.48. The summed E-state index contributed by atoms with van der Waals surface area (Å²) < 4.78 is 1.81. The van der Waals surface area contributed by atoms with Crippen LogP contribution in [0.4, 0.5) is 0 Å². The molecule has 16 heavy (non-hydrogen) atoms. The maximum Gasteiger partial charge on any atom is 0.262 e. The molecule has 0 aromatic carbocycles. The summed E-state index contributed by atoms with van der Waals surface area (Å²) in [4.78, 5) is 18.9. The zero-order valence-electron chi connectivity index (χ0n) is 9.12. The summed E-state index contributed by atoms with van der Waals surface area (Å²) in [6.45, 7) is 4.50. The van der Waals surface area contributed by atoms with E-state index >= 15 is 0 Å². The Bertz CT molecular complexity index is 599. The molecule has 5 heteroatoms. The standard InChI is InChI=1S/C11H13N3OS/c1-7-6-8-10(16-7)13-9-2-3-12-4-5-14(9)11(8)15/h6,12H,2-5H2,1H3. The minimum absolute atomic E-state index is 0.119. The fraction of sp³-hybridized carbons (Fsp3) is 0.455. The number of thiophene rings is 1. The number of aromatic nitrogens is 2. The normalized spacial score (nSPS) is 16.1. The number of nitrogens with zero attached hydrogens (tertiary/aromatic N) is 2. The van der Waals surface area contributed by atoms with Crippen LogP contribution in [0.15, 0.2) is 10.9 Å². The second kappa shape index (κ2) is 3.68. The van der Waals surface area contributed by atoms with Crippen molar-refractivity contribution in [3.05, 3.63) is 27.1 Å². The van der Waals surface area contributed by atoms with E-state index in [1.54, 1.807) is 11.3 Å². The Hall–Kier alpha value is -1.20. The Balaban J connectivity index is 2.33. The highest BCUT2D eigenvalue weighted by Gasteiger charge is 2.14. The number of fused-ring (bicyclic) bond motifs is 2. The Morgan fingerprint density at radius 3 is 3.25 bits per heavy atom. The third-order valence-electron chi connectivity index (χ3n) is 2.89. The van der Waals surface area contributed by atoms with Gasteiger partial charge >= 0.3 is 0 Å². The van der Waals surface area contributed by atoms with Crippen LogP contribution in [0.2, 0.25) is 0 Å². The first-order valence-corrected chi connectivity index (χ1v) is 6.28. The van der Waals surface area contributed by atoms with Crippen LogP contribution in [0.25, 0.3) is 10.2 Å². The SMILES string of the molecule is Cc1cc2c(=O)n3c(nc2s1)CCNCC3. The molecule has 0 bridgehead atoms. The van der Waals surface area contributed by atoms with Gasteiger partial charge in [-0.05, 0) is 13.0 Å². The van der Waals surface area contributed by atoms with E-state index < -0.39 is 0 Å². The third kappa shape index (κ3) is 1.47. The highest BCUT2D eigenvalue weighted by molar-refractivity contribution is 7.18. The van der Waals surface area contributed by atoms with Crippen molar-refractivity contribution in [3.63, 3.8) is 0 Å². The minimum atomic E-state index is 0.119. The first kappa shape index (κ1) is 9.99. The van der Waals surface area contributed by atoms with Crippen LogP contribution in [0.1, 0.15) is 10.7 Å². The van der Waals surface area contributed by atoms with Crippen LogP contribution in [-0.2, 0) is 13.0 Å².